The van der Waals surface area contributed by atoms with Crippen LogP contribution in [0.25, 0.3) is 0 Å². The third kappa shape index (κ3) is 5.99. The summed E-state index contributed by atoms with van der Waals surface area (Å²) >= 11 is 0. The molecule has 0 aliphatic heterocycles. The lowest BCUT2D eigenvalue weighted by Gasteiger charge is -2.12. The number of nitrogens with one attached hydrogen (secondary N) is 2. The number of hydrogen-bond acceptors (Lipinski definition) is 5. The van der Waals surface area contributed by atoms with E-state index in [1.165, 1.54) is 0 Å². The average Bonchev–Trinajstić information content (AvgIpc) is 2.66. The zero-order chi connectivity index (χ0) is 19.1. The number of rotatable bonds is 8. The molecule has 0 radical (unpaired) electrons. The Morgan fingerprint density at radius 3 is 2.41 bits per heavy atom. The zero-order valence-corrected chi connectivity index (χ0v) is 16.1. The lowest BCUT2D eigenvalue weighted by Crippen LogP contribution is -2.10. The van der Waals surface area contributed by atoms with E-state index < -0.39 is 0 Å². The van der Waals surface area contributed by atoms with Gasteiger partial charge in [-0.3, -0.25) is 0 Å². The number of benzene rings is 2. The van der Waals surface area contributed by atoms with E-state index in [1.807, 2.05) is 55.5 Å². The van der Waals surface area contributed by atoms with Crippen molar-refractivity contribution in [1.82, 2.24) is 9.97 Å². The van der Waals surface area contributed by atoms with E-state index in [-0.39, 0.29) is 0 Å². The SMILES string of the molecule is Cc1cc(NCC(C)C)nc(Nc2ccc(OCc3ccccc3)cc2)n1. The molecule has 5 heteroatoms. The predicted molar refractivity (Wildman–Crippen MR) is 111 cm³/mol. The standard InChI is InChI=1S/C22H26N4O/c1-16(2)14-23-21-13-17(3)24-22(26-21)25-19-9-11-20(12-10-19)27-15-18-7-5-4-6-8-18/h4-13,16H,14-15H2,1-3H3,(H2,23,24,25,26). The lowest BCUT2D eigenvalue weighted by atomic mass is 10.2. The highest BCUT2D eigenvalue weighted by Crippen LogP contribution is 2.20. The van der Waals surface area contributed by atoms with Gasteiger partial charge < -0.3 is 15.4 Å². The number of anilines is 3. The van der Waals surface area contributed by atoms with Gasteiger partial charge in [0.15, 0.2) is 0 Å². The summed E-state index contributed by atoms with van der Waals surface area (Å²) < 4.78 is 5.82. The number of aromatic nitrogens is 2. The Morgan fingerprint density at radius 1 is 0.963 bits per heavy atom. The van der Waals surface area contributed by atoms with E-state index in [0.717, 1.165) is 35.1 Å². The van der Waals surface area contributed by atoms with Crippen LogP contribution in [0.4, 0.5) is 17.5 Å². The van der Waals surface area contributed by atoms with Crippen molar-refractivity contribution in [3.8, 4) is 5.75 Å². The molecule has 2 aromatic carbocycles. The van der Waals surface area contributed by atoms with Crippen LogP contribution in [0.15, 0.2) is 60.7 Å². The normalized spacial score (nSPS) is 10.7. The van der Waals surface area contributed by atoms with Crippen LogP contribution in [0.5, 0.6) is 5.75 Å². The summed E-state index contributed by atoms with van der Waals surface area (Å²) in [5, 5.41) is 6.60. The van der Waals surface area contributed by atoms with Gasteiger partial charge in [-0.15, -0.1) is 0 Å². The Morgan fingerprint density at radius 2 is 1.70 bits per heavy atom. The summed E-state index contributed by atoms with van der Waals surface area (Å²) in [4.78, 5) is 9.00. The highest BCUT2D eigenvalue weighted by molar-refractivity contribution is 5.56. The number of aryl methyl sites for hydroxylation is 1. The van der Waals surface area contributed by atoms with Crippen molar-refractivity contribution >= 4 is 17.5 Å². The van der Waals surface area contributed by atoms with Crippen molar-refractivity contribution in [3.63, 3.8) is 0 Å². The van der Waals surface area contributed by atoms with Crippen molar-refractivity contribution in [2.24, 2.45) is 5.92 Å². The van der Waals surface area contributed by atoms with Crippen LogP contribution < -0.4 is 15.4 Å². The third-order valence-electron chi connectivity index (χ3n) is 3.90. The fourth-order valence-electron chi connectivity index (χ4n) is 2.53. The van der Waals surface area contributed by atoms with Crippen LogP contribution in [-0.4, -0.2) is 16.5 Å². The van der Waals surface area contributed by atoms with Crippen molar-refractivity contribution < 1.29 is 4.74 Å². The van der Waals surface area contributed by atoms with E-state index in [9.17, 15) is 0 Å². The second-order valence-electron chi connectivity index (χ2n) is 6.92. The van der Waals surface area contributed by atoms with Crippen LogP contribution in [0, 0.1) is 12.8 Å². The van der Waals surface area contributed by atoms with E-state index in [2.05, 4.69) is 46.6 Å². The molecule has 1 aromatic heterocycles. The monoisotopic (exact) mass is 362 g/mol. The van der Waals surface area contributed by atoms with E-state index in [4.69, 9.17) is 4.74 Å². The molecule has 0 bridgehead atoms. The van der Waals surface area contributed by atoms with E-state index >= 15 is 0 Å². The van der Waals surface area contributed by atoms with E-state index in [1.54, 1.807) is 0 Å². The molecule has 5 nitrogen and oxygen atoms in total. The zero-order valence-electron chi connectivity index (χ0n) is 16.1. The van der Waals surface area contributed by atoms with Crippen molar-refractivity contribution in [1.29, 1.82) is 0 Å². The highest BCUT2D eigenvalue weighted by Gasteiger charge is 2.04. The quantitative estimate of drug-likeness (QED) is 0.578. The Kier molecular flexibility index (Phi) is 6.26. The molecule has 0 saturated heterocycles. The molecule has 2 N–H and O–H groups in total. The van der Waals surface area contributed by atoms with Crippen LogP contribution in [-0.2, 0) is 6.61 Å². The van der Waals surface area contributed by atoms with Crippen molar-refractivity contribution in [2.75, 3.05) is 17.2 Å². The maximum absolute atomic E-state index is 5.82. The molecule has 1 heterocycles. The fourth-order valence-corrected chi connectivity index (χ4v) is 2.53. The van der Waals surface area contributed by atoms with Crippen LogP contribution in [0.2, 0.25) is 0 Å². The molecule has 0 spiro atoms. The molecule has 0 saturated carbocycles. The van der Waals surface area contributed by atoms with Gasteiger partial charge >= 0.3 is 0 Å². The van der Waals surface area contributed by atoms with Crippen LogP contribution in [0.1, 0.15) is 25.1 Å². The Hall–Kier alpha value is -3.08. The molecule has 0 unspecified atom stereocenters. The van der Waals surface area contributed by atoms with E-state index in [0.29, 0.717) is 18.5 Å². The molecule has 0 fully saturated rings. The average molecular weight is 362 g/mol. The first-order chi connectivity index (χ1) is 13.1. The van der Waals surface area contributed by atoms with Gasteiger partial charge in [0.1, 0.15) is 18.2 Å². The second kappa shape index (κ2) is 9.03. The highest BCUT2D eigenvalue weighted by atomic mass is 16.5. The largest absolute Gasteiger partial charge is 0.489 e. The summed E-state index contributed by atoms with van der Waals surface area (Å²) in [7, 11) is 0. The minimum Gasteiger partial charge on any atom is -0.489 e. The van der Waals surface area contributed by atoms with Gasteiger partial charge in [-0.1, -0.05) is 44.2 Å². The second-order valence-corrected chi connectivity index (χ2v) is 6.92. The fraction of sp³-hybridized carbons (Fsp3) is 0.273. The summed E-state index contributed by atoms with van der Waals surface area (Å²) in [6.07, 6.45) is 0. The molecule has 3 rings (SSSR count). The van der Waals surface area contributed by atoms with Crippen LogP contribution >= 0.6 is 0 Å². The first-order valence-electron chi connectivity index (χ1n) is 9.22. The van der Waals surface area contributed by atoms with Crippen molar-refractivity contribution in [3.05, 3.63) is 71.9 Å². The topological polar surface area (TPSA) is 59.1 Å². The lowest BCUT2D eigenvalue weighted by molar-refractivity contribution is 0.306. The summed E-state index contributed by atoms with van der Waals surface area (Å²) in [5.41, 5.74) is 2.98. The molecule has 0 amide bonds. The molecular formula is C22H26N4O. The van der Waals surface area contributed by atoms with Gasteiger partial charge in [0.25, 0.3) is 0 Å². The number of hydrogen-bond donors (Lipinski definition) is 2. The number of nitrogens with zero attached hydrogens (tertiary/aromatic N) is 2. The molecule has 27 heavy (non-hydrogen) atoms. The third-order valence-corrected chi connectivity index (χ3v) is 3.90. The maximum atomic E-state index is 5.82. The Balaban J connectivity index is 1.60. The smallest absolute Gasteiger partial charge is 0.229 e. The first-order valence-corrected chi connectivity index (χ1v) is 9.22. The molecule has 3 aromatic rings. The van der Waals surface area contributed by atoms with Gasteiger partial charge in [-0.05, 0) is 42.7 Å². The number of ether oxygens (including phenoxy) is 1. The van der Waals surface area contributed by atoms with Gasteiger partial charge in [-0.25, -0.2) is 4.98 Å². The first kappa shape index (κ1) is 18.7. The van der Waals surface area contributed by atoms with Crippen LogP contribution in [0.3, 0.4) is 0 Å². The Labute approximate surface area is 160 Å². The van der Waals surface area contributed by atoms with Gasteiger partial charge in [0.2, 0.25) is 5.95 Å². The summed E-state index contributed by atoms with van der Waals surface area (Å²) in [6, 6.07) is 19.9. The Bertz CT molecular complexity index is 848. The minimum absolute atomic E-state index is 0.555. The molecule has 0 aliphatic carbocycles. The summed E-state index contributed by atoms with van der Waals surface area (Å²) in [6.45, 7) is 7.74. The maximum Gasteiger partial charge on any atom is 0.229 e. The molecule has 140 valence electrons. The molecule has 0 aliphatic rings. The van der Waals surface area contributed by atoms with Gasteiger partial charge in [-0.2, -0.15) is 4.98 Å². The van der Waals surface area contributed by atoms with Gasteiger partial charge in [0.05, 0.1) is 0 Å². The predicted octanol–water partition coefficient (Wildman–Crippen LogP) is 5.18. The minimum atomic E-state index is 0.555. The van der Waals surface area contributed by atoms with Crippen molar-refractivity contribution in [2.45, 2.75) is 27.4 Å². The molecular weight excluding hydrogens is 336 g/mol. The van der Waals surface area contributed by atoms with Gasteiger partial charge in [0, 0.05) is 24.0 Å². The summed E-state index contributed by atoms with van der Waals surface area (Å²) in [5.74, 6) is 2.80. The molecule has 0 atom stereocenters.